The summed E-state index contributed by atoms with van der Waals surface area (Å²) in [4.78, 5) is 15.8. The molecule has 2 atom stereocenters. The molecule has 2 saturated heterocycles. The van der Waals surface area contributed by atoms with E-state index in [-0.39, 0.29) is 12.1 Å². The highest BCUT2D eigenvalue weighted by molar-refractivity contribution is 6.03. The zero-order valence-electron chi connectivity index (χ0n) is 18.3. The third-order valence-corrected chi connectivity index (χ3v) is 6.70. The molecule has 0 bridgehead atoms. The van der Waals surface area contributed by atoms with Gasteiger partial charge in [-0.1, -0.05) is 6.07 Å². The van der Waals surface area contributed by atoms with Gasteiger partial charge in [0.1, 0.15) is 11.3 Å². The van der Waals surface area contributed by atoms with Crippen LogP contribution in [-0.4, -0.2) is 78.0 Å². The van der Waals surface area contributed by atoms with Gasteiger partial charge >= 0.3 is 0 Å². The lowest BCUT2D eigenvalue weighted by molar-refractivity contribution is 0.148. The lowest BCUT2D eigenvalue weighted by Crippen LogP contribution is -2.44. The summed E-state index contributed by atoms with van der Waals surface area (Å²) in [5, 5.41) is 15.9. The van der Waals surface area contributed by atoms with E-state index in [0.29, 0.717) is 5.71 Å². The van der Waals surface area contributed by atoms with E-state index in [0.717, 1.165) is 67.9 Å². The molecule has 1 aromatic heterocycles. The van der Waals surface area contributed by atoms with E-state index in [9.17, 15) is 0 Å². The van der Waals surface area contributed by atoms with Gasteiger partial charge in [-0.3, -0.25) is 4.90 Å². The Morgan fingerprint density at radius 2 is 1.93 bits per heavy atom. The number of benzene rings is 1. The molecule has 0 amide bonds. The molecule has 0 radical (unpaired) electrons. The van der Waals surface area contributed by atoms with Gasteiger partial charge in [-0.25, -0.2) is 4.98 Å². The fourth-order valence-corrected chi connectivity index (χ4v) is 4.78. The first-order valence-corrected chi connectivity index (χ1v) is 10.9. The number of anilines is 1. The third kappa shape index (κ3) is 3.91. The van der Waals surface area contributed by atoms with Crippen molar-refractivity contribution >= 4 is 28.6 Å². The smallest absolute Gasteiger partial charge is 0.124 e. The Balaban J connectivity index is 1.61. The van der Waals surface area contributed by atoms with E-state index < -0.39 is 0 Å². The Hall–Kier alpha value is -2.51. The summed E-state index contributed by atoms with van der Waals surface area (Å²) < 4.78 is 0. The van der Waals surface area contributed by atoms with Gasteiger partial charge in [0.05, 0.1) is 29.0 Å². The van der Waals surface area contributed by atoms with Gasteiger partial charge in [0.2, 0.25) is 0 Å². The van der Waals surface area contributed by atoms with Crippen LogP contribution in [-0.2, 0) is 0 Å². The second kappa shape index (κ2) is 8.70. The molecule has 3 heterocycles. The number of nitrogens with zero attached hydrogens (tertiary/aromatic N) is 4. The maximum Gasteiger partial charge on any atom is 0.124 e. The number of rotatable bonds is 5. The van der Waals surface area contributed by atoms with Crippen LogP contribution in [0.5, 0.6) is 0 Å². The summed E-state index contributed by atoms with van der Waals surface area (Å²) in [5.41, 5.74) is 4.84. The minimum atomic E-state index is 0.0604. The Bertz CT molecular complexity index is 952. The van der Waals surface area contributed by atoms with Gasteiger partial charge in [0, 0.05) is 32.4 Å². The van der Waals surface area contributed by atoms with E-state index in [1.807, 2.05) is 6.92 Å². The maximum atomic E-state index is 8.61. The average Bonchev–Trinajstić information content (AvgIpc) is 3.18. The quantitative estimate of drug-likeness (QED) is 0.663. The molecule has 2 aliphatic rings. The molecule has 2 aromatic rings. The highest BCUT2D eigenvalue weighted by atomic mass is 15.3. The van der Waals surface area contributed by atoms with Crippen LogP contribution in [0.3, 0.4) is 0 Å². The normalized spacial score (nSPS) is 24.4. The number of hydrogen-bond acceptors (Lipinski definition) is 6. The molecule has 160 valence electrons. The fraction of sp³-hybridized carbons (Fsp3) is 0.522. The number of hydrogen-bond donors (Lipinski definition) is 3. The molecule has 0 saturated carbocycles. The Labute approximate surface area is 178 Å². The number of H-pyrrole nitrogens is 1. The summed E-state index contributed by atoms with van der Waals surface area (Å²) in [6.07, 6.45) is 6.06. The van der Waals surface area contributed by atoms with Crippen LogP contribution >= 0.6 is 0 Å². The molecule has 2 aliphatic heterocycles. The summed E-state index contributed by atoms with van der Waals surface area (Å²) in [5.74, 6) is 1.00. The van der Waals surface area contributed by atoms with Gasteiger partial charge in [0.15, 0.2) is 0 Å². The SMILES string of the molecule is C/C(=C/C=N)C(=N)C1CCCC(c2nc3c(N4CCN(C)CC4)cccc3[nH]2)N1C. The molecule has 30 heavy (non-hydrogen) atoms. The van der Waals surface area contributed by atoms with Crippen LogP contribution in [0.1, 0.15) is 38.1 Å². The van der Waals surface area contributed by atoms with Crippen molar-refractivity contribution in [2.75, 3.05) is 45.2 Å². The van der Waals surface area contributed by atoms with E-state index in [2.05, 4.69) is 52.0 Å². The van der Waals surface area contributed by atoms with Gasteiger partial charge in [-0.2, -0.15) is 0 Å². The number of aromatic nitrogens is 2. The lowest BCUT2D eigenvalue weighted by atomic mass is 9.90. The molecular formula is C23H33N7. The van der Waals surface area contributed by atoms with E-state index in [4.69, 9.17) is 15.8 Å². The summed E-state index contributed by atoms with van der Waals surface area (Å²) in [6.45, 7) is 6.13. The second-order valence-electron chi connectivity index (χ2n) is 8.64. The fourth-order valence-electron chi connectivity index (χ4n) is 4.78. The number of piperidine rings is 1. The van der Waals surface area contributed by atoms with Crippen molar-refractivity contribution in [2.45, 2.75) is 38.3 Å². The molecule has 1 aromatic carbocycles. The van der Waals surface area contributed by atoms with Gasteiger partial charge in [0.25, 0.3) is 0 Å². The van der Waals surface area contributed by atoms with Crippen LogP contribution < -0.4 is 4.90 Å². The highest BCUT2D eigenvalue weighted by Gasteiger charge is 2.33. The summed E-state index contributed by atoms with van der Waals surface area (Å²) in [6, 6.07) is 6.65. The minimum Gasteiger partial charge on any atom is -0.367 e. The number of fused-ring (bicyclic) bond motifs is 1. The lowest BCUT2D eigenvalue weighted by Gasteiger charge is -2.39. The minimum absolute atomic E-state index is 0.0604. The van der Waals surface area contributed by atoms with Crippen molar-refractivity contribution in [1.29, 1.82) is 10.8 Å². The molecule has 3 N–H and O–H groups in total. The van der Waals surface area contributed by atoms with Gasteiger partial charge < -0.3 is 25.6 Å². The largest absolute Gasteiger partial charge is 0.367 e. The molecule has 7 heteroatoms. The Morgan fingerprint density at radius 3 is 2.67 bits per heavy atom. The molecule has 0 aliphatic carbocycles. The average molecular weight is 408 g/mol. The number of allylic oxidation sites excluding steroid dienone is 1. The van der Waals surface area contributed by atoms with E-state index in [1.54, 1.807) is 6.08 Å². The van der Waals surface area contributed by atoms with Crippen LogP contribution in [0.15, 0.2) is 29.8 Å². The van der Waals surface area contributed by atoms with Gasteiger partial charge in [-0.05, 0) is 64.1 Å². The number of likely N-dealkylation sites (tertiary alicyclic amines) is 1. The van der Waals surface area contributed by atoms with Crippen molar-refractivity contribution in [1.82, 2.24) is 19.8 Å². The topological polar surface area (TPSA) is 86.1 Å². The van der Waals surface area contributed by atoms with Crippen LogP contribution in [0.25, 0.3) is 11.0 Å². The number of piperazine rings is 1. The van der Waals surface area contributed by atoms with Crippen molar-refractivity contribution in [3.8, 4) is 0 Å². The summed E-state index contributed by atoms with van der Waals surface area (Å²) >= 11 is 0. The summed E-state index contributed by atoms with van der Waals surface area (Å²) in [7, 11) is 4.28. The molecular weight excluding hydrogens is 374 g/mol. The predicted molar refractivity (Wildman–Crippen MR) is 124 cm³/mol. The van der Waals surface area contributed by atoms with Crippen molar-refractivity contribution in [2.24, 2.45) is 0 Å². The Kier molecular flexibility index (Phi) is 6.01. The molecule has 4 rings (SSSR count). The van der Waals surface area contributed by atoms with Crippen LogP contribution in [0.2, 0.25) is 0 Å². The highest BCUT2D eigenvalue weighted by Crippen LogP contribution is 2.35. The van der Waals surface area contributed by atoms with Crippen molar-refractivity contribution < 1.29 is 0 Å². The first-order valence-electron chi connectivity index (χ1n) is 10.9. The number of para-hydroxylation sites is 1. The van der Waals surface area contributed by atoms with Crippen molar-refractivity contribution in [3.63, 3.8) is 0 Å². The van der Waals surface area contributed by atoms with Crippen LogP contribution in [0.4, 0.5) is 5.69 Å². The standard InChI is InChI=1S/C23H33N7/c1-16(10-11-24)21(25)18-7-5-9-20(29(18)3)23-26-17-6-4-8-19(22(17)27-23)30-14-12-28(2)13-15-30/h4,6,8,10-11,18,20,24-25H,5,7,9,12-15H2,1-3H3,(H,26,27)/b16-10-,24-11?,25-21?. The second-order valence-corrected chi connectivity index (χ2v) is 8.64. The molecule has 2 fully saturated rings. The third-order valence-electron chi connectivity index (χ3n) is 6.70. The molecule has 7 nitrogen and oxygen atoms in total. The predicted octanol–water partition coefficient (Wildman–Crippen LogP) is 3.46. The number of nitrogens with one attached hydrogen (secondary N) is 3. The number of aromatic amines is 1. The van der Waals surface area contributed by atoms with Crippen molar-refractivity contribution in [3.05, 3.63) is 35.7 Å². The number of likely N-dealkylation sites (N-methyl/N-ethyl adjacent to an activating group) is 1. The Morgan fingerprint density at radius 1 is 1.17 bits per heavy atom. The van der Waals surface area contributed by atoms with Crippen LogP contribution in [0, 0.1) is 10.8 Å². The zero-order chi connectivity index (χ0) is 21.3. The first kappa shape index (κ1) is 20.8. The first-order chi connectivity index (χ1) is 14.5. The maximum absolute atomic E-state index is 8.61. The van der Waals surface area contributed by atoms with Gasteiger partial charge in [-0.15, -0.1) is 0 Å². The molecule has 0 spiro atoms. The monoisotopic (exact) mass is 407 g/mol. The van der Waals surface area contributed by atoms with E-state index in [1.165, 1.54) is 11.9 Å². The number of imidazole rings is 1. The zero-order valence-corrected chi connectivity index (χ0v) is 18.3. The van der Waals surface area contributed by atoms with E-state index >= 15 is 0 Å². The molecule has 2 unspecified atom stereocenters.